The predicted octanol–water partition coefficient (Wildman–Crippen LogP) is 2.70. The van der Waals surface area contributed by atoms with Gasteiger partial charge in [-0.2, -0.15) is 18.3 Å². The largest absolute Gasteiger partial charge is 0.419 e. The van der Waals surface area contributed by atoms with Crippen LogP contribution in [0.4, 0.5) is 13.2 Å². The molecule has 2 aromatic rings. The second-order valence-corrected chi connectivity index (χ2v) is 4.33. The molecule has 0 aliphatic rings. The third-order valence-corrected chi connectivity index (χ3v) is 2.85. The molecule has 1 aromatic heterocycles. The first kappa shape index (κ1) is 13.6. The maximum atomic E-state index is 12.5. The molecule has 0 atom stereocenters. The molecule has 2 rings (SSSR count). The standard InChI is InChI=1S/C13H14F3N3/c1-9-6-10(4-5-17)2-3-12(9)19-8-11(7-18-19)13(14,15)16/h2-3,6-8H,4-5,17H2,1H3. The lowest BCUT2D eigenvalue weighted by Gasteiger charge is -2.08. The molecule has 6 heteroatoms. The molecule has 0 saturated carbocycles. The van der Waals surface area contributed by atoms with Crippen LogP contribution in [0.25, 0.3) is 5.69 Å². The van der Waals surface area contributed by atoms with E-state index in [0.717, 1.165) is 29.9 Å². The quantitative estimate of drug-likeness (QED) is 0.931. The summed E-state index contributed by atoms with van der Waals surface area (Å²) >= 11 is 0. The Morgan fingerprint density at radius 2 is 2.05 bits per heavy atom. The summed E-state index contributed by atoms with van der Waals surface area (Å²) in [7, 11) is 0. The minimum atomic E-state index is -4.37. The van der Waals surface area contributed by atoms with Gasteiger partial charge in [-0.15, -0.1) is 0 Å². The number of rotatable bonds is 3. The molecule has 0 spiro atoms. The average molecular weight is 269 g/mol. The minimum Gasteiger partial charge on any atom is -0.330 e. The van der Waals surface area contributed by atoms with Crippen LogP contribution in [-0.2, 0) is 12.6 Å². The van der Waals surface area contributed by atoms with Crippen molar-refractivity contribution in [1.29, 1.82) is 0 Å². The highest BCUT2D eigenvalue weighted by molar-refractivity contribution is 5.42. The summed E-state index contributed by atoms with van der Waals surface area (Å²) in [5.41, 5.74) is 7.28. The van der Waals surface area contributed by atoms with E-state index >= 15 is 0 Å². The third kappa shape index (κ3) is 2.96. The fraction of sp³-hybridized carbons (Fsp3) is 0.308. The minimum absolute atomic E-state index is 0.540. The zero-order valence-corrected chi connectivity index (χ0v) is 10.4. The molecule has 0 aliphatic heterocycles. The molecule has 0 bridgehead atoms. The average Bonchev–Trinajstić information content (AvgIpc) is 2.78. The maximum absolute atomic E-state index is 12.5. The summed E-state index contributed by atoms with van der Waals surface area (Å²) in [6.45, 7) is 2.38. The number of aryl methyl sites for hydroxylation is 1. The lowest BCUT2D eigenvalue weighted by atomic mass is 10.1. The summed E-state index contributed by atoms with van der Waals surface area (Å²) in [6.07, 6.45) is -1.81. The van der Waals surface area contributed by atoms with Crippen molar-refractivity contribution in [3.63, 3.8) is 0 Å². The Bertz CT molecular complexity index is 573. The molecule has 0 amide bonds. The van der Waals surface area contributed by atoms with Crippen LogP contribution in [0, 0.1) is 6.92 Å². The first-order valence-corrected chi connectivity index (χ1v) is 5.83. The normalized spacial score (nSPS) is 11.8. The van der Waals surface area contributed by atoms with Crippen molar-refractivity contribution in [2.45, 2.75) is 19.5 Å². The highest BCUT2D eigenvalue weighted by atomic mass is 19.4. The van der Waals surface area contributed by atoms with Crippen molar-refractivity contribution in [1.82, 2.24) is 9.78 Å². The number of hydrogen-bond donors (Lipinski definition) is 1. The van der Waals surface area contributed by atoms with Gasteiger partial charge in [0.2, 0.25) is 0 Å². The smallest absolute Gasteiger partial charge is 0.330 e. The predicted molar refractivity (Wildman–Crippen MR) is 66.1 cm³/mol. The lowest BCUT2D eigenvalue weighted by Crippen LogP contribution is -2.05. The Balaban J connectivity index is 2.34. The van der Waals surface area contributed by atoms with E-state index in [1.165, 1.54) is 4.68 Å². The van der Waals surface area contributed by atoms with Gasteiger partial charge in [-0.05, 0) is 37.1 Å². The molecule has 19 heavy (non-hydrogen) atoms. The second kappa shape index (κ2) is 5.05. The van der Waals surface area contributed by atoms with Crippen molar-refractivity contribution < 1.29 is 13.2 Å². The number of nitrogens with two attached hydrogens (primary N) is 1. The topological polar surface area (TPSA) is 43.8 Å². The van der Waals surface area contributed by atoms with Gasteiger partial charge in [0.1, 0.15) is 0 Å². The van der Waals surface area contributed by atoms with Crippen molar-refractivity contribution >= 4 is 0 Å². The Morgan fingerprint density at radius 3 is 2.58 bits per heavy atom. The van der Waals surface area contributed by atoms with E-state index in [0.29, 0.717) is 12.2 Å². The van der Waals surface area contributed by atoms with E-state index in [1.807, 2.05) is 19.1 Å². The monoisotopic (exact) mass is 269 g/mol. The number of aromatic nitrogens is 2. The summed E-state index contributed by atoms with van der Waals surface area (Å²) in [5, 5.41) is 3.76. The first-order chi connectivity index (χ1) is 8.91. The van der Waals surface area contributed by atoms with Crippen molar-refractivity contribution in [2.75, 3.05) is 6.54 Å². The fourth-order valence-corrected chi connectivity index (χ4v) is 1.90. The molecule has 0 fully saturated rings. The van der Waals surface area contributed by atoms with E-state index in [1.54, 1.807) is 6.07 Å². The van der Waals surface area contributed by atoms with Crippen molar-refractivity contribution in [3.8, 4) is 5.69 Å². The third-order valence-electron chi connectivity index (χ3n) is 2.85. The highest BCUT2D eigenvalue weighted by Gasteiger charge is 2.32. The molecule has 3 nitrogen and oxygen atoms in total. The van der Waals surface area contributed by atoms with E-state index < -0.39 is 11.7 Å². The first-order valence-electron chi connectivity index (χ1n) is 5.83. The summed E-state index contributed by atoms with van der Waals surface area (Å²) < 4.78 is 38.8. The van der Waals surface area contributed by atoms with Crippen molar-refractivity contribution in [2.24, 2.45) is 5.73 Å². The number of halogens is 3. The second-order valence-electron chi connectivity index (χ2n) is 4.33. The highest BCUT2D eigenvalue weighted by Crippen LogP contribution is 2.29. The SMILES string of the molecule is Cc1cc(CCN)ccc1-n1cc(C(F)(F)F)cn1. The molecule has 0 saturated heterocycles. The number of nitrogens with zero attached hydrogens (tertiary/aromatic N) is 2. The molecule has 1 aromatic carbocycles. The zero-order chi connectivity index (χ0) is 14.0. The van der Waals surface area contributed by atoms with Gasteiger partial charge in [0.15, 0.2) is 0 Å². The Kier molecular flexibility index (Phi) is 3.61. The molecule has 2 N–H and O–H groups in total. The van der Waals surface area contributed by atoms with Gasteiger partial charge in [-0.3, -0.25) is 0 Å². The van der Waals surface area contributed by atoms with Crippen LogP contribution in [-0.4, -0.2) is 16.3 Å². The maximum Gasteiger partial charge on any atom is 0.419 e. The van der Waals surface area contributed by atoms with Gasteiger partial charge in [-0.1, -0.05) is 12.1 Å². The van der Waals surface area contributed by atoms with Crippen molar-refractivity contribution in [3.05, 3.63) is 47.3 Å². The van der Waals surface area contributed by atoms with Crippen LogP contribution in [0.2, 0.25) is 0 Å². The van der Waals surface area contributed by atoms with Gasteiger partial charge < -0.3 is 5.73 Å². The van der Waals surface area contributed by atoms with Gasteiger partial charge >= 0.3 is 6.18 Å². The van der Waals surface area contributed by atoms with Gasteiger partial charge in [0.05, 0.1) is 17.4 Å². The molecule has 1 heterocycles. The molecular formula is C13H14F3N3. The van der Waals surface area contributed by atoms with E-state index in [4.69, 9.17) is 5.73 Å². The lowest BCUT2D eigenvalue weighted by molar-refractivity contribution is -0.137. The molecular weight excluding hydrogens is 255 g/mol. The van der Waals surface area contributed by atoms with E-state index in [2.05, 4.69) is 5.10 Å². The van der Waals surface area contributed by atoms with Crippen LogP contribution in [0.5, 0.6) is 0 Å². The zero-order valence-electron chi connectivity index (χ0n) is 10.4. The summed E-state index contributed by atoms with van der Waals surface area (Å²) in [6, 6.07) is 5.52. The van der Waals surface area contributed by atoms with E-state index in [9.17, 15) is 13.2 Å². The number of hydrogen-bond acceptors (Lipinski definition) is 2. The van der Waals surface area contributed by atoms with Crippen LogP contribution >= 0.6 is 0 Å². The molecule has 0 radical (unpaired) electrons. The summed E-state index contributed by atoms with van der Waals surface area (Å²) in [5.74, 6) is 0. The molecule has 0 aliphatic carbocycles. The van der Waals surface area contributed by atoms with Gasteiger partial charge in [0, 0.05) is 6.20 Å². The summed E-state index contributed by atoms with van der Waals surface area (Å²) in [4.78, 5) is 0. The van der Waals surface area contributed by atoms with Crippen LogP contribution in [0.3, 0.4) is 0 Å². The van der Waals surface area contributed by atoms with E-state index in [-0.39, 0.29) is 0 Å². The van der Waals surface area contributed by atoms with Crippen LogP contribution in [0.1, 0.15) is 16.7 Å². The molecule has 0 unspecified atom stereocenters. The number of benzene rings is 1. The van der Waals surface area contributed by atoms with Gasteiger partial charge in [-0.25, -0.2) is 4.68 Å². The number of alkyl halides is 3. The Labute approximate surface area is 108 Å². The van der Waals surface area contributed by atoms with Gasteiger partial charge in [0.25, 0.3) is 0 Å². The van der Waals surface area contributed by atoms with Crippen LogP contribution in [0.15, 0.2) is 30.6 Å². The fourth-order valence-electron chi connectivity index (χ4n) is 1.90. The Hall–Kier alpha value is -1.82. The van der Waals surface area contributed by atoms with Crippen LogP contribution < -0.4 is 5.73 Å². The molecule has 102 valence electrons. The Morgan fingerprint density at radius 1 is 1.32 bits per heavy atom.